The van der Waals surface area contributed by atoms with Crippen molar-refractivity contribution in [2.45, 2.75) is 19.9 Å². The second kappa shape index (κ2) is 6.21. The fourth-order valence-corrected chi connectivity index (χ4v) is 0.892. The molecule has 1 N–H and O–H groups in total. The van der Waals surface area contributed by atoms with Crippen LogP contribution in [0.4, 0.5) is 0 Å². The van der Waals surface area contributed by atoms with Crippen molar-refractivity contribution in [3.63, 3.8) is 0 Å². The number of hydrogen-bond donors (Lipinski definition) is 1. The van der Waals surface area contributed by atoms with Gasteiger partial charge >= 0.3 is 0 Å². The highest BCUT2D eigenvalue weighted by molar-refractivity contribution is 4.89. The van der Waals surface area contributed by atoms with Crippen molar-refractivity contribution < 1.29 is 0 Å². The molecule has 0 aliphatic heterocycles. The lowest BCUT2D eigenvalue weighted by Crippen LogP contribution is -2.36. The SMILES string of the molecule is C#CCN(CCNC)C(C)C. The van der Waals surface area contributed by atoms with E-state index in [2.05, 4.69) is 30.0 Å². The summed E-state index contributed by atoms with van der Waals surface area (Å²) in [6.45, 7) is 7.09. The van der Waals surface area contributed by atoms with Crippen molar-refractivity contribution in [1.82, 2.24) is 10.2 Å². The summed E-state index contributed by atoms with van der Waals surface area (Å²) in [5.41, 5.74) is 0. The molecule has 0 aromatic carbocycles. The molecular weight excluding hydrogens is 136 g/mol. The molecule has 0 amide bonds. The molecule has 0 aromatic rings. The maximum atomic E-state index is 5.23. The van der Waals surface area contributed by atoms with Crippen molar-refractivity contribution in [2.75, 3.05) is 26.7 Å². The van der Waals surface area contributed by atoms with E-state index in [1.807, 2.05) is 7.05 Å². The summed E-state index contributed by atoms with van der Waals surface area (Å²) in [6.07, 6.45) is 5.23. The van der Waals surface area contributed by atoms with Gasteiger partial charge in [-0.25, -0.2) is 0 Å². The third-order valence-electron chi connectivity index (χ3n) is 1.67. The average Bonchev–Trinajstić information content (AvgIpc) is 1.97. The highest BCUT2D eigenvalue weighted by Gasteiger charge is 2.05. The highest BCUT2D eigenvalue weighted by Crippen LogP contribution is 1.94. The number of likely N-dealkylation sites (N-methyl/N-ethyl adjacent to an activating group) is 1. The molecule has 0 unspecified atom stereocenters. The van der Waals surface area contributed by atoms with Crippen LogP contribution in [-0.2, 0) is 0 Å². The van der Waals surface area contributed by atoms with Crippen LogP contribution in [0.25, 0.3) is 0 Å². The van der Waals surface area contributed by atoms with E-state index in [4.69, 9.17) is 6.42 Å². The molecule has 0 rings (SSSR count). The van der Waals surface area contributed by atoms with E-state index in [1.165, 1.54) is 0 Å². The van der Waals surface area contributed by atoms with Gasteiger partial charge in [0, 0.05) is 19.1 Å². The first kappa shape index (κ1) is 10.5. The Labute approximate surface area is 70.0 Å². The molecular formula is C9H18N2. The van der Waals surface area contributed by atoms with E-state index >= 15 is 0 Å². The number of nitrogens with one attached hydrogen (secondary N) is 1. The van der Waals surface area contributed by atoms with E-state index in [0.29, 0.717) is 6.04 Å². The van der Waals surface area contributed by atoms with Crippen LogP contribution in [-0.4, -0.2) is 37.6 Å². The van der Waals surface area contributed by atoms with Gasteiger partial charge in [0.05, 0.1) is 6.54 Å². The van der Waals surface area contributed by atoms with Crippen molar-refractivity contribution in [3.05, 3.63) is 0 Å². The monoisotopic (exact) mass is 154 g/mol. The van der Waals surface area contributed by atoms with E-state index < -0.39 is 0 Å². The van der Waals surface area contributed by atoms with Gasteiger partial charge in [0.15, 0.2) is 0 Å². The molecule has 0 aliphatic carbocycles. The number of rotatable bonds is 5. The van der Waals surface area contributed by atoms with Crippen LogP contribution >= 0.6 is 0 Å². The van der Waals surface area contributed by atoms with Gasteiger partial charge in [0.2, 0.25) is 0 Å². The van der Waals surface area contributed by atoms with Gasteiger partial charge in [0.1, 0.15) is 0 Å². The van der Waals surface area contributed by atoms with Crippen LogP contribution in [0.1, 0.15) is 13.8 Å². The van der Waals surface area contributed by atoms with Crippen LogP contribution in [0.5, 0.6) is 0 Å². The lowest BCUT2D eigenvalue weighted by atomic mass is 10.3. The quantitative estimate of drug-likeness (QED) is 0.582. The summed E-state index contributed by atoms with van der Waals surface area (Å²) in [7, 11) is 1.95. The topological polar surface area (TPSA) is 15.3 Å². The van der Waals surface area contributed by atoms with Crippen molar-refractivity contribution in [1.29, 1.82) is 0 Å². The summed E-state index contributed by atoms with van der Waals surface area (Å²) >= 11 is 0. The van der Waals surface area contributed by atoms with Crippen molar-refractivity contribution >= 4 is 0 Å². The first-order valence-electron chi connectivity index (χ1n) is 4.04. The predicted octanol–water partition coefficient (Wildman–Crippen LogP) is 0.549. The van der Waals surface area contributed by atoms with Gasteiger partial charge in [-0.15, -0.1) is 6.42 Å². The Hall–Kier alpha value is -0.520. The van der Waals surface area contributed by atoms with Crippen molar-refractivity contribution in [2.24, 2.45) is 0 Å². The van der Waals surface area contributed by atoms with E-state index in [1.54, 1.807) is 0 Å². The van der Waals surface area contributed by atoms with Gasteiger partial charge in [0.25, 0.3) is 0 Å². The standard InChI is InChI=1S/C9H18N2/c1-5-7-11(9(2)3)8-6-10-4/h1,9-10H,6-8H2,2-4H3. The fraction of sp³-hybridized carbons (Fsp3) is 0.778. The maximum absolute atomic E-state index is 5.23. The van der Waals surface area contributed by atoms with E-state index in [9.17, 15) is 0 Å². The molecule has 0 fully saturated rings. The molecule has 0 saturated carbocycles. The molecule has 0 saturated heterocycles. The minimum absolute atomic E-state index is 0.541. The number of hydrogen-bond acceptors (Lipinski definition) is 2. The third-order valence-corrected chi connectivity index (χ3v) is 1.67. The maximum Gasteiger partial charge on any atom is 0.0601 e. The van der Waals surface area contributed by atoms with Crippen LogP contribution in [0.3, 0.4) is 0 Å². The molecule has 0 aliphatic rings. The molecule has 0 bridgehead atoms. The largest absolute Gasteiger partial charge is 0.318 e. The summed E-state index contributed by atoms with van der Waals surface area (Å²) in [5, 5.41) is 3.10. The van der Waals surface area contributed by atoms with Crippen LogP contribution in [0, 0.1) is 12.3 Å². The van der Waals surface area contributed by atoms with E-state index in [-0.39, 0.29) is 0 Å². The van der Waals surface area contributed by atoms with E-state index in [0.717, 1.165) is 19.6 Å². The summed E-state index contributed by atoms with van der Waals surface area (Å²) in [5.74, 6) is 2.66. The van der Waals surface area contributed by atoms with Crippen LogP contribution in [0.2, 0.25) is 0 Å². The minimum atomic E-state index is 0.541. The van der Waals surface area contributed by atoms with Gasteiger partial charge in [-0.3, -0.25) is 4.90 Å². The second-order valence-corrected chi connectivity index (χ2v) is 2.87. The Morgan fingerprint density at radius 1 is 1.55 bits per heavy atom. The lowest BCUT2D eigenvalue weighted by molar-refractivity contribution is 0.252. The van der Waals surface area contributed by atoms with Gasteiger partial charge < -0.3 is 5.32 Å². The molecule has 2 heteroatoms. The molecule has 64 valence electrons. The predicted molar refractivity (Wildman–Crippen MR) is 49.5 cm³/mol. The summed E-state index contributed by atoms with van der Waals surface area (Å²) in [6, 6.07) is 0.541. The Morgan fingerprint density at radius 3 is 2.55 bits per heavy atom. The third kappa shape index (κ3) is 4.83. The molecule has 0 heterocycles. The summed E-state index contributed by atoms with van der Waals surface area (Å²) in [4.78, 5) is 2.26. The Kier molecular flexibility index (Phi) is 5.91. The first-order valence-corrected chi connectivity index (χ1v) is 4.04. The molecule has 0 aromatic heterocycles. The minimum Gasteiger partial charge on any atom is -0.318 e. The Morgan fingerprint density at radius 2 is 2.18 bits per heavy atom. The van der Waals surface area contributed by atoms with Gasteiger partial charge in [-0.2, -0.15) is 0 Å². The average molecular weight is 154 g/mol. The van der Waals surface area contributed by atoms with Crippen LogP contribution < -0.4 is 5.32 Å². The second-order valence-electron chi connectivity index (χ2n) is 2.87. The number of terminal acetylenes is 1. The van der Waals surface area contributed by atoms with Gasteiger partial charge in [-0.1, -0.05) is 5.92 Å². The molecule has 11 heavy (non-hydrogen) atoms. The zero-order valence-corrected chi connectivity index (χ0v) is 7.72. The Bertz CT molecular complexity index is 124. The molecule has 0 radical (unpaired) electrons. The van der Waals surface area contributed by atoms with Crippen molar-refractivity contribution in [3.8, 4) is 12.3 Å². The zero-order chi connectivity index (χ0) is 8.69. The number of nitrogens with zero attached hydrogens (tertiary/aromatic N) is 1. The Balaban J connectivity index is 3.62. The molecule has 0 spiro atoms. The molecule has 2 nitrogen and oxygen atoms in total. The first-order chi connectivity index (χ1) is 5.22. The normalized spacial score (nSPS) is 10.5. The summed E-state index contributed by atoms with van der Waals surface area (Å²) < 4.78 is 0. The smallest absolute Gasteiger partial charge is 0.0601 e. The van der Waals surface area contributed by atoms with Crippen LogP contribution in [0.15, 0.2) is 0 Å². The lowest BCUT2D eigenvalue weighted by Gasteiger charge is -2.23. The fourth-order valence-electron chi connectivity index (χ4n) is 0.892. The zero-order valence-electron chi connectivity index (χ0n) is 7.72. The highest BCUT2D eigenvalue weighted by atomic mass is 15.1. The van der Waals surface area contributed by atoms with Gasteiger partial charge in [-0.05, 0) is 20.9 Å². The molecule has 0 atom stereocenters.